The number of imidazole rings is 1. The minimum atomic E-state index is -3.95. The molecule has 0 bridgehead atoms. The number of imide groups is 1. The lowest BCUT2D eigenvalue weighted by Crippen LogP contribution is -2.44. The van der Waals surface area contributed by atoms with E-state index in [1.807, 2.05) is 0 Å². The van der Waals surface area contributed by atoms with Crippen LogP contribution in [0.1, 0.15) is 61.6 Å². The molecule has 2 aromatic heterocycles. The van der Waals surface area contributed by atoms with Crippen molar-refractivity contribution < 1.29 is 51.3 Å². The summed E-state index contributed by atoms with van der Waals surface area (Å²) in [4.78, 5) is 51.6. The second kappa shape index (κ2) is 13.3. The van der Waals surface area contributed by atoms with Gasteiger partial charge in [-0.05, 0) is 60.1 Å². The van der Waals surface area contributed by atoms with Crippen molar-refractivity contribution in [2.45, 2.75) is 90.9 Å². The molecule has 246 valence electrons. The van der Waals surface area contributed by atoms with Gasteiger partial charge in [0.1, 0.15) is 11.2 Å². The predicted octanol–water partition coefficient (Wildman–Crippen LogP) is 5.45. The highest BCUT2D eigenvalue weighted by Gasteiger charge is 2.47. The van der Waals surface area contributed by atoms with E-state index in [9.17, 15) is 18.9 Å². The molecule has 18 heteroatoms. The second-order valence-electron chi connectivity index (χ2n) is 12.0. The number of hydrogen-bond donors (Lipinski definition) is 0. The zero-order valence-electron chi connectivity index (χ0n) is 26.2. The summed E-state index contributed by atoms with van der Waals surface area (Å²) in [6.45, 7) is 12.0. The van der Waals surface area contributed by atoms with Crippen molar-refractivity contribution in [3.63, 3.8) is 0 Å². The molecule has 44 heavy (non-hydrogen) atoms. The van der Waals surface area contributed by atoms with Gasteiger partial charge in [0.25, 0.3) is 0 Å². The van der Waals surface area contributed by atoms with E-state index in [-0.39, 0.29) is 23.6 Å². The molecule has 0 saturated carbocycles. The Balaban J connectivity index is 2.00. The average molecular weight is 666 g/mol. The molecule has 5 atom stereocenters. The second-order valence-corrected chi connectivity index (χ2v) is 14.6. The third-order valence-corrected chi connectivity index (χ3v) is 8.53. The largest absolute Gasteiger partial charge is 0.443 e. The first-order valence-electron chi connectivity index (χ1n) is 13.5. The number of ether oxygens (including phenoxy) is 4. The summed E-state index contributed by atoms with van der Waals surface area (Å²) in [5.74, 6) is -3.32. The number of carbonyl (C=O) groups is 3. The topological polar surface area (TPSA) is 170 Å². The summed E-state index contributed by atoms with van der Waals surface area (Å²) in [5.41, 5.74) is -2.17. The number of ketones is 1. The fourth-order valence-corrected chi connectivity index (χ4v) is 5.62. The molecule has 0 aliphatic carbocycles. The summed E-state index contributed by atoms with van der Waals surface area (Å²) >= 11 is 6.23. The third-order valence-electron chi connectivity index (χ3n) is 6.25. The molecule has 1 aliphatic heterocycles. The molecule has 1 fully saturated rings. The number of carbonyl (C=O) groups excluding carboxylic acids is 3. The molecule has 0 radical (unpaired) electrons. The van der Waals surface area contributed by atoms with Crippen molar-refractivity contribution in [1.29, 1.82) is 0 Å². The van der Waals surface area contributed by atoms with Crippen LogP contribution < -0.4 is 4.90 Å². The molecule has 0 N–H and O–H groups in total. The quantitative estimate of drug-likeness (QED) is 0.245. The summed E-state index contributed by atoms with van der Waals surface area (Å²) in [5, 5.41) is -0.396. The maximum absolute atomic E-state index is 15.7. The monoisotopic (exact) mass is 665 g/mol. The van der Waals surface area contributed by atoms with Crippen LogP contribution >= 0.6 is 19.2 Å². The Morgan fingerprint density at radius 3 is 2.11 bits per heavy atom. The van der Waals surface area contributed by atoms with Gasteiger partial charge in [-0.15, -0.1) is 0 Å². The lowest BCUT2D eigenvalue weighted by Gasteiger charge is -2.28. The van der Waals surface area contributed by atoms with Crippen LogP contribution in [0, 0.1) is 5.92 Å². The van der Waals surface area contributed by atoms with E-state index in [4.69, 9.17) is 39.6 Å². The van der Waals surface area contributed by atoms with Gasteiger partial charge in [0.2, 0.25) is 11.1 Å². The molecule has 2 amide bonds. The van der Waals surface area contributed by atoms with Crippen molar-refractivity contribution in [2.75, 3.05) is 25.7 Å². The van der Waals surface area contributed by atoms with Crippen LogP contribution in [0.15, 0.2) is 6.33 Å². The van der Waals surface area contributed by atoms with Crippen molar-refractivity contribution in [1.82, 2.24) is 19.5 Å². The summed E-state index contributed by atoms with van der Waals surface area (Å²) in [6, 6.07) is 0. The number of nitrogens with zero attached hydrogens (tertiary/aromatic N) is 5. The normalized spacial score (nSPS) is 21.7. The van der Waals surface area contributed by atoms with Gasteiger partial charge in [-0.3, -0.25) is 13.9 Å². The fraction of sp³-hybridized carbons (Fsp3) is 0.692. The fourth-order valence-electron chi connectivity index (χ4n) is 4.22. The molecule has 0 aromatic carbocycles. The minimum absolute atomic E-state index is 0.0663. The Hall–Kier alpha value is -2.75. The molecule has 1 aliphatic rings. The molecule has 1 unspecified atom stereocenters. The molecular weight excluding hydrogens is 628 g/mol. The predicted molar refractivity (Wildman–Crippen MR) is 155 cm³/mol. The van der Waals surface area contributed by atoms with Gasteiger partial charge in [0.05, 0.1) is 19.0 Å². The molecule has 2 aromatic rings. The van der Waals surface area contributed by atoms with Crippen LogP contribution in [0.5, 0.6) is 0 Å². The van der Waals surface area contributed by atoms with Gasteiger partial charge < -0.3 is 28.0 Å². The van der Waals surface area contributed by atoms with E-state index in [0.717, 1.165) is 21.1 Å². The first-order valence-corrected chi connectivity index (χ1v) is 15.5. The molecular formula is C26H38ClFN5O10P. The van der Waals surface area contributed by atoms with Gasteiger partial charge in [-0.1, -0.05) is 6.92 Å². The van der Waals surface area contributed by atoms with Crippen molar-refractivity contribution in [3.05, 3.63) is 11.6 Å². The van der Waals surface area contributed by atoms with Gasteiger partial charge in [0, 0.05) is 20.1 Å². The van der Waals surface area contributed by atoms with Gasteiger partial charge in [0.15, 0.2) is 35.2 Å². The van der Waals surface area contributed by atoms with Gasteiger partial charge in [-0.25, -0.2) is 19.0 Å². The Kier molecular flexibility index (Phi) is 10.8. The third kappa shape index (κ3) is 7.90. The molecule has 15 nitrogen and oxygen atoms in total. The van der Waals surface area contributed by atoms with E-state index in [1.54, 1.807) is 48.5 Å². The van der Waals surface area contributed by atoms with Crippen molar-refractivity contribution >= 4 is 54.1 Å². The van der Waals surface area contributed by atoms with Crippen LogP contribution in [0.25, 0.3) is 11.2 Å². The van der Waals surface area contributed by atoms with Gasteiger partial charge in [-0.2, -0.15) is 14.9 Å². The highest BCUT2D eigenvalue weighted by atomic mass is 35.5. The first-order chi connectivity index (χ1) is 20.2. The van der Waals surface area contributed by atoms with E-state index in [2.05, 4.69) is 15.0 Å². The maximum Gasteiger partial charge on any atom is 0.425 e. The van der Waals surface area contributed by atoms with E-state index in [0.29, 0.717) is 4.90 Å². The Morgan fingerprint density at radius 2 is 1.64 bits per heavy atom. The van der Waals surface area contributed by atoms with Crippen LogP contribution in [-0.2, 0) is 37.4 Å². The number of amides is 2. The van der Waals surface area contributed by atoms with Crippen LogP contribution in [0.2, 0.25) is 5.28 Å². The Bertz CT molecular complexity index is 1410. The van der Waals surface area contributed by atoms with Crippen LogP contribution in [-0.4, -0.2) is 87.6 Å². The van der Waals surface area contributed by atoms with E-state index < -0.39 is 72.3 Å². The number of Topliss-reactive ketones (excluding diaryl/α,β-unsaturated/α-hetero) is 1. The minimum Gasteiger partial charge on any atom is -0.443 e. The number of hydrogen-bond acceptors (Lipinski definition) is 13. The Morgan fingerprint density at radius 1 is 1.09 bits per heavy atom. The van der Waals surface area contributed by atoms with E-state index in [1.165, 1.54) is 10.9 Å². The van der Waals surface area contributed by atoms with Gasteiger partial charge >= 0.3 is 19.8 Å². The lowest BCUT2D eigenvalue weighted by atomic mass is 10.0. The standard InChI is InChI=1S/C26H38ClFN5O10P/c1-13-15(11-40-21(14(2)34)44(37,38-9)39-10)41-20(16(13)28)32-12-29-17-18(32)30-22(27)31-19(17)33(23(35)42-25(3,4)5)24(36)43-26(6,7)8/h12-13,15-16,20-21H,11H2,1-10H3/t13-,15-,16+,20-,21?/m1/s1. The number of aromatic nitrogens is 4. The molecule has 3 heterocycles. The highest BCUT2D eigenvalue weighted by Crippen LogP contribution is 2.52. The van der Waals surface area contributed by atoms with E-state index >= 15 is 4.39 Å². The zero-order valence-corrected chi connectivity index (χ0v) is 27.8. The van der Waals surface area contributed by atoms with Crippen molar-refractivity contribution in [2.24, 2.45) is 5.92 Å². The summed E-state index contributed by atoms with van der Waals surface area (Å²) < 4.78 is 61.9. The first kappa shape index (κ1) is 35.7. The smallest absolute Gasteiger partial charge is 0.425 e. The summed E-state index contributed by atoms with van der Waals surface area (Å²) in [6.07, 6.45) is -4.95. The van der Waals surface area contributed by atoms with Crippen molar-refractivity contribution in [3.8, 4) is 0 Å². The Labute approximate surface area is 259 Å². The van der Waals surface area contributed by atoms with Crippen LogP contribution in [0.4, 0.5) is 19.8 Å². The number of anilines is 1. The van der Waals surface area contributed by atoms with Crippen LogP contribution in [0.3, 0.4) is 0 Å². The number of alkyl halides is 1. The zero-order chi connectivity index (χ0) is 33.4. The molecule has 0 spiro atoms. The average Bonchev–Trinajstić information content (AvgIpc) is 3.42. The summed E-state index contributed by atoms with van der Waals surface area (Å²) in [7, 11) is -1.72. The SMILES string of the molecule is COP(=O)(OC)C(OC[C@H]1O[C@@H](n2cnc3c(N(C(=O)OC(C)(C)C)C(=O)OC(C)(C)C)nc(Cl)nc32)[C@@H](F)[C@@H]1C)C(C)=O. The molecule has 1 saturated heterocycles. The number of halogens is 2. The number of rotatable bonds is 9. The maximum atomic E-state index is 15.7. The number of fused-ring (bicyclic) bond motifs is 1. The highest BCUT2D eigenvalue weighted by molar-refractivity contribution is 7.55. The lowest BCUT2D eigenvalue weighted by molar-refractivity contribution is -0.128. The molecule has 3 rings (SSSR count).